The van der Waals surface area contributed by atoms with E-state index in [0.29, 0.717) is 0 Å². The zero-order chi connectivity index (χ0) is 8.72. The van der Waals surface area contributed by atoms with Gasteiger partial charge in [0.2, 0.25) is 0 Å². The molecule has 0 heterocycles. The van der Waals surface area contributed by atoms with E-state index in [1.54, 1.807) is 30.3 Å². The summed E-state index contributed by atoms with van der Waals surface area (Å²) in [5.74, 6) is 2.71. The SMILES string of the molecule is CC1=CC=CC2C1CC(C)[CH]2[Zr]. The summed E-state index contributed by atoms with van der Waals surface area (Å²) in [4.78, 5) is 0. The average Bonchev–Trinajstić information content (AvgIpc) is 2.32. The van der Waals surface area contributed by atoms with Crippen molar-refractivity contribution in [3.63, 3.8) is 0 Å². The first-order valence-electron chi connectivity index (χ1n) is 4.76. The van der Waals surface area contributed by atoms with Gasteiger partial charge < -0.3 is 0 Å². The second-order valence-electron chi connectivity index (χ2n) is 4.22. The first-order chi connectivity index (χ1) is 5.70. The Hall–Kier alpha value is 0.363. The number of hydrogen-bond donors (Lipinski definition) is 0. The molecule has 1 heteroatoms. The Kier molecular flexibility index (Phi) is 2.42. The van der Waals surface area contributed by atoms with Gasteiger partial charge in [0, 0.05) is 0 Å². The molecular formula is C11H15Zr. The number of rotatable bonds is 0. The van der Waals surface area contributed by atoms with Crippen molar-refractivity contribution in [1.82, 2.24) is 0 Å². The van der Waals surface area contributed by atoms with Crippen LogP contribution >= 0.6 is 0 Å². The van der Waals surface area contributed by atoms with Crippen molar-refractivity contribution in [1.29, 1.82) is 0 Å². The van der Waals surface area contributed by atoms with Crippen LogP contribution in [0.1, 0.15) is 20.3 Å². The third kappa shape index (κ3) is 1.31. The van der Waals surface area contributed by atoms with Crippen LogP contribution in [0.3, 0.4) is 0 Å². The Balaban J connectivity index is 2.26. The van der Waals surface area contributed by atoms with Crippen LogP contribution in [-0.4, -0.2) is 0 Å². The van der Waals surface area contributed by atoms with Gasteiger partial charge in [0.05, 0.1) is 0 Å². The Morgan fingerprint density at radius 2 is 2.25 bits per heavy atom. The van der Waals surface area contributed by atoms with E-state index in [4.69, 9.17) is 0 Å². The molecule has 0 amide bonds. The first-order valence-corrected chi connectivity index (χ1v) is 6.18. The van der Waals surface area contributed by atoms with E-state index >= 15 is 0 Å². The molecule has 0 spiro atoms. The fourth-order valence-corrected chi connectivity index (χ4v) is 3.72. The van der Waals surface area contributed by atoms with E-state index in [9.17, 15) is 0 Å². The third-order valence-electron chi connectivity index (χ3n) is 3.40. The van der Waals surface area contributed by atoms with Gasteiger partial charge >= 0.3 is 90.2 Å². The maximum atomic E-state index is 2.43. The normalized spacial score (nSPS) is 45.6. The number of hydrogen-bond acceptors (Lipinski definition) is 0. The summed E-state index contributed by atoms with van der Waals surface area (Å²) >= 11 is 1.73. The molecule has 12 heavy (non-hydrogen) atoms. The molecule has 1 saturated carbocycles. The molecule has 0 bridgehead atoms. The van der Waals surface area contributed by atoms with Crippen LogP contribution in [0.5, 0.6) is 0 Å². The van der Waals surface area contributed by atoms with Crippen molar-refractivity contribution in [3.8, 4) is 0 Å². The van der Waals surface area contributed by atoms with Gasteiger partial charge in [-0.3, -0.25) is 0 Å². The van der Waals surface area contributed by atoms with Crippen molar-refractivity contribution in [2.24, 2.45) is 17.8 Å². The summed E-state index contributed by atoms with van der Waals surface area (Å²) in [6.45, 7) is 4.71. The molecule has 0 aromatic heterocycles. The third-order valence-corrected chi connectivity index (χ3v) is 5.74. The van der Waals surface area contributed by atoms with Crippen molar-refractivity contribution in [3.05, 3.63) is 23.8 Å². The van der Waals surface area contributed by atoms with Gasteiger partial charge in [0.25, 0.3) is 0 Å². The summed E-state index contributed by atoms with van der Waals surface area (Å²) in [5.41, 5.74) is 1.61. The minimum absolute atomic E-state index is 0.878. The fraction of sp³-hybridized carbons (Fsp3) is 0.636. The molecule has 0 saturated heterocycles. The van der Waals surface area contributed by atoms with Crippen LogP contribution in [0, 0.1) is 17.8 Å². The summed E-state index contributed by atoms with van der Waals surface area (Å²) < 4.78 is 0.974. The van der Waals surface area contributed by atoms with E-state index in [0.717, 1.165) is 21.4 Å². The fourth-order valence-electron chi connectivity index (χ4n) is 2.54. The van der Waals surface area contributed by atoms with Crippen LogP contribution < -0.4 is 0 Å². The molecule has 4 unspecified atom stereocenters. The molecule has 2 aliphatic rings. The Labute approximate surface area is 90.0 Å². The molecule has 63 valence electrons. The molecule has 0 aromatic rings. The molecule has 2 rings (SSSR count). The van der Waals surface area contributed by atoms with E-state index in [1.807, 2.05) is 0 Å². The summed E-state index contributed by atoms with van der Waals surface area (Å²) in [6, 6.07) is 0. The number of allylic oxidation sites excluding steroid dienone is 4. The van der Waals surface area contributed by atoms with Gasteiger partial charge in [-0.2, -0.15) is 0 Å². The first kappa shape index (κ1) is 8.94. The quantitative estimate of drug-likeness (QED) is 0.608. The standard InChI is InChI=1S/C11H15.Zr/c1-8-6-10-5-3-4-9(2)11(10)7-8;/h3-6,8,10-11H,7H2,1-2H3;. The zero-order valence-corrected chi connectivity index (χ0v) is 10.2. The Morgan fingerprint density at radius 1 is 1.50 bits per heavy atom. The van der Waals surface area contributed by atoms with E-state index < -0.39 is 0 Å². The van der Waals surface area contributed by atoms with Crippen LogP contribution in [0.15, 0.2) is 23.8 Å². The molecule has 2 aliphatic carbocycles. The van der Waals surface area contributed by atoms with Crippen LogP contribution in [0.4, 0.5) is 0 Å². The average molecular weight is 238 g/mol. The van der Waals surface area contributed by atoms with E-state index in [2.05, 4.69) is 32.1 Å². The van der Waals surface area contributed by atoms with Gasteiger partial charge in [-0.05, 0) is 0 Å². The molecule has 4 atom stereocenters. The van der Waals surface area contributed by atoms with E-state index in [-0.39, 0.29) is 0 Å². The predicted octanol–water partition coefficient (Wildman–Crippen LogP) is 3.11. The Bertz CT molecular complexity index is 239. The second-order valence-corrected chi connectivity index (χ2v) is 5.86. The van der Waals surface area contributed by atoms with Crippen molar-refractivity contribution in [2.45, 2.75) is 23.9 Å². The van der Waals surface area contributed by atoms with Crippen molar-refractivity contribution < 1.29 is 24.7 Å². The minimum atomic E-state index is 0.878. The molecule has 0 nitrogen and oxygen atoms in total. The summed E-state index contributed by atoms with van der Waals surface area (Å²) in [5, 5.41) is 0. The molecule has 0 radical (unpaired) electrons. The van der Waals surface area contributed by atoms with Crippen molar-refractivity contribution in [2.75, 3.05) is 0 Å². The van der Waals surface area contributed by atoms with E-state index in [1.165, 1.54) is 6.42 Å². The van der Waals surface area contributed by atoms with Crippen LogP contribution in [0.2, 0.25) is 3.63 Å². The van der Waals surface area contributed by atoms with Gasteiger partial charge in [0.15, 0.2) is 0 Å². The molecular weight excluding hydrogens is 223 g/mol. The van der Waals surface area contributed by atoms with Crippen molar-refractivity contribution >= 4 is 0 Å². The van der Waals surface area contributed by atoms with Gasteiger partial charge in [-0.1, -0.05) is 0 Å². The predicted molar refractivity (Wildman–Crippen MR) is 47.4 cm³/mol. The van der Waals surface area contributed by atoms with Crippen LogP contribution in [-0.2, 0) is 24.7 Å². The molecule has 0 aromatic carbocycles. The summed E-state index contributed by atoms with van der Waals surface area (Å²) in [6.07, 6.45) is 8.40. The Morgan fingerprint density at radius 3 is 2.92 bits per heavy atom. The van der Waals surface area contributed by atoms with Gasteiger partial charge in [-0.25, -0.2) is 0 Å². The maximum absolute atomic E-state index is 2.43. The van der Waals surface area contributed by atoms with Gasteiger partial charge in [-0.15, -0.1) is 0 Å². The topological polar surface area (TPSA) is 0 Å². The van der Waals surface area contributed by atoms with Gasteiger partial charge in [0.1, 0.15) is 0 Å². The zero-order valence-electron chi connectivity index (χ0n) is 7.75. The van der Waals surface area contributed by atoms with Crippen LogP contribution in [0.25, 0.3) is 0 Å². The molecule has 0 aliphatic heterocycles. The molecule has 0 N–H and O–H groups in total. The summed E-state index contributed by atoms with van der Waals surface area (Å²) in [7, 11) is 0. The number of fused-ring (bicyclic) bond motifs is 1. The molecule has 1 fully saturated rings. The monoisotopic (exact) mass is 237 g/mol. The second kappa shape index (κ2) is 3.25.